The number of rotatable bonds is 24. The maximum Gasteiger partial charge on any atom is 0.397 e. The van der Waals surface area contributed by atoms with Crippen molar-refractivity contribution in [2.75, 3.05) is 26.4 Å². The standard InChI is InChI=1S/C27H52O12S/c1-3-5-7-9-11-13-15-17-35-19-21(37-23(29)16-14-12-10-8-6-4-2)20-36-27-25(31)26(39-40(32,33)34)24(30)22(18-28)38-27/h21-22,24-28,30-31H,3-20H2,1-2H3,(H,32,33,34). The molecule has 0 aromatic carbocycles. The van der Waals surface area contributed by atoms with Crippen molar-refractivity contribution in [2.45, 2.75) is 141 Å². The number of carbonyl (C=O) groups is 1. The molecule has 0 spiro atoms. The molecule has 6 unspecified atom stereocenters. The Hall–Kier alpha value is -0.900. The van der Waals surface area contributed by atoms with Gasteiger partial charge in [-0.3, -0.25) is 9.35 Å². The summed E-state index contributed by atoms with van der Waals surface area (Å²) in [6.45, 7) is 3.82. The molecule has 0 amide bonds. The first kappa shape index (κ1) is 37.1. The first-order chi connectivity index (χ1) is 19.1. The molecule has 0 aromatic rings. The van der Waals surface area contributed by atoms with E-state index in [0.29, 0.717) is 13.0 Å². The van der Waals surface area contributed by atoms with Crippen LogP contribution in [0.1, 0.15) is 104 Å². The lowest BCUT2D eigenvalue weighted by Crippen LogP contribution is -2.60. The monoisotopic (exact) mass is 600 g/mol. The third kappa shape index (κ3) is 16.5. The van der Waals surface area contributed by atoms with Crippen LogP contribution in [-0.2, 0) is 38.3 Å². The predicted molar refractivity (Wildman–Crippen MR) is 147 cm³/mol. The highest BCUT2D eigenvalue weighted by Gasteiger charge is 2.48. The van der Waals surface area contributed by atoms with Gasteiger partial charge in [0.15, 0.2) is 6.29 Å². The van der Waals surface area contributed by atoms with Crippen molar-refractivity contribution in [3.05, 3.63) is 0 Å². The van der Waals surface area contributed by atoms with Crippen LogP contribution in [0, 0.1) is 0 Å². The Balaban J connectivity index is 2.65. The zero-order valence-electron chi connectivity index (χ0n) is 24.2. The minimum Gasteiger partial charge on any atom is -0.457 e. The van der Waals surface area contributed by atoms with Gasteiger partial charge in [-0.2, -0.15) is 8.42 Å². The van der Waals surface area contributed by atoms with Crippen molar-refractivity contribution in [3.8, 4) is 0 Å². The molecule has 0 saturated carbocycles. The van der Waals surface area contributed by atoms with Gasteiger partial charge in [-0.15, -0.1) is 0 Å². The van der Waals surface area contributed by atoms with Crippen molar-refractivity contribution in [1.82, 2.24) is 0 Å². The van der Waals surface area contributed by atoms with E-state index in [4.69, 9.17) is 23.5 Å². The topological polar surface area (TPSA) is 178 Å². The van der Waals surface area contributed by atoms with Crippen LogP contribution in [0.5, 0.6) is 0 Å². The molecule has 40 heavy (non-hydrogen) atoms. The van der Waals surface area contributed by atoms with Crippen LogP contribution in [0.2, 0.25) is 0 Å². The number of aliphatic hydroxyl groups excluding tert-OH is 3. The Labute approximate surface area is 239 Å². The highest BCUT2D eigenvalue weighted by Crippen LogP contribution is 2.26. The van der Waals surface area contributed by atoms with Crippen LogP contribution in [-0.4, -0.2) is 97.5 Å². The molecule has 1 fully saturated rings. The molecule has 0 bridgehead atoms. The maximum atomic E-state index is 12.5. The van der Waals surface area contributed by atoms with E-state index in [9.17, 15) is 28.5 Å². The molecule has 0 aliphatic carbocycles. The number of carbonyl (C=O) groups excluding carboxylic acids is 1. The van der Waals surface area contributed by atoms with Gasteiger partial charge >= 0.3 is 16.4 Å². The van der Waals surface area contributed by atoms with Gasteiger partial charge in [0, 0.05) is 13.0 Å². The van der Waals surface area contributed by atoms with Crippen molar-refractivity contribution in [3.63, 3.8) is 0 Å². The average Bonchev–Trinajstić information content (AvgIpc) is 2.90. The van der Waals surface area contributed by atoms with Crippen molar-refractivity contribution < 1.29 is 56.2 Å². The van der Waals surface area contributed by atoms with E-state index in [1.807, 2.05) is 0 Å². The van der Waals surface area contributed by atoms with Gasteiger partial charge in [0.25, 0.3) is 0 Å². The highest BCUT2D eigenvalue weighted by molar-refractivity contribution is 7.80. The largest absolute Gasteiger partial charge is 0.457 e. The van der Waals surface area contributed by atoms with E-state index < -0.39 is 59.8 Å². The Bertz CT molecular complexity index is 750. The van der Waals surface area contributed by atoms with Crippen LogP contribution in [0.15, 0.2) is 0 Å². The fraction of sp³-hybridized carbons (Fsp3) is 0.963. The zero-order chi connectivity index (χ0) is 29.8. The molecule has 1 aliphatic heterocycles. The van der Waals surface area contributed by atoms with Crippen LogP contribution in [0.4, 0.5) is 0 Å². The molecular weight excluding hydrogens is 548 g/mol. The summed E-state index contributed by atoms with van der Waals surface area (Å²) in [4.78, 5) is 12.5. The Morgan fingerprint density at radius 1 is 0.850 bits per heavy atom. The summed E-state index contributed by atoms with van der Waals surface area (Å²) in [6, 6.07) is 0. The van der Waals surface area contributed by atoms with Gasteiger partial charge in [-0.05, 0) is 12.8 Å². The highest BCUT2D eigenvalue weighted by atomic mass is 32.3. The molecule has 6 atom stereocenters. The smallest absolute Gasteiger partial charge is 0.397 e. The summed E-state index contributed by atoms with van der Waals surface area (Å²) in [5.74, 6) is -0.412. The summed E-state index contributed by atoms with van der Waals surface area (Å²) in [5.41, 5.74) is 0. The van der Waals surface area contributed by atoms with Gasteiger partial charge in [-0.25, -0.2) is 4.18 Å². The summed E-state index contributed by atoms with van der Waals surface area (Å²) in [6.07, 6.45) is 5.03. The van der Waals surface area contributed by atoms with Gasteiger partial charge in [0.1, 0.15) is 30.5 Å². The molecule has 1 heterocycles. The fourth-order valence-corrected chi connectivity index (χ4v) is 4.94. The molecular formula is C27H52O12S. The lowest BCUT2D eigenvalue weighted by Gasteiger charge is -2.41. The van der Waals surface area contributed by atoms with Gasteiger partial charge < -0.3 is 34.3 Å². The molecule has 1 rings (SSSR count). The molecule has 0 aromatic heterocycles. The van der Waals surface area contributed by atoms with Crippen molar-refractivity contribution in [2.24, 2.45) is 0 Å². The van der Waals surface area contributed by atoms with Crippen LogP contribution < -0.4 is 0 Å². The zero-order valence-corrected chi connectivity index (χ0v) is 25.0. The summed E-state index contributed by atoms with van der Waals surface area (Å²) < 4.78 is 58.0. The number of ether oxygens (including phenoxy) is 4. The van der Waals surface area contributed by atoms with Crippen LogP contribution in [0.3, 0.4) is 0 Å². The van der Waals surface area contributed by atoms with Gasteiger partial charge in [0.2, 0.25) is 0 Å². The molecule has 12 nitrogen and oxygen atoms in total. The third-order valence-electron chi connectivity index (χ3n) is 6.73. The Morgan fingerprint density at radius 2 is 1.43 bits per heavy atom. The van der Waals surface area contributed by atoms with Gasteiger partial charge in [0.05, 0.1) is 19.8 Å². The third-order valence-corrected chi connectivity index (χ3v) is 7.19. The number of esters is 1. The van der Waals surface area contributed by atoms with E-state index in [2.05, 4.69) is 18.0 Å². The molecule has 0 radical (unpaired) electrons. The normalized spacial score (nSPS) is 24.2. The molecule has 1 saturated heterocycles. The molecule has 1 aliphatic rings. The summed E-state index contributed by atoms with van der Waals surface area (Å²) in [7, 11) is -5.04. The predicted octanol–water partition coefficient (Wildman–Crippen LogP) is 3.06. The van der Waals surface area contributed by atoms with E-state index in [1.54, 1.807) is 0 Å². The number of hydrogen-bond donors (Lipinski definition) is 4. The minimum atomic E-state index is -5.04. The SMILES string of the molecule is CCCCCCCCCOCC(COC1OC(CO)C(O)C(OS(=O)(=O)O)C1O)OC(=O)CCCCCCCC. The molecule has 13 heteroatoms. The second kappa shape index (κ2) is 21.8. The van der Waals surface area contributed by atoms with Gasteiger partial charge in [-0.1, -0.05) is 84.5 Å². The number of unbranched alkanes of at least 4 members (excludes halogenated alkanes) is 11. The van der Waals surface area contributed by atoms with Crippen LogP contribution in [0.25, 0.3) is 0 Å². The van der Waals surface area contributed by atoms with E-state index >= 15 is 0 Å². The molecule has 238 valence electrons. The Kier molecular flexibility index (Phi) is 20.2. The van der Waals surface area contributed by atoms with E-state index in [-0.39, 0.29) is 19.6 Å². The minimum absolute atomic E-state index is 0.0396. The maximum absolute atomic E-state index is 12.5. The Morgan fingerprint density at radius 3 is 2.00 bits per heavy atom. The number of hydrogen-bond acceptors (Lipinski definition) is 11. The number of aliphatic hydroxyl groups is 3. The van der Waals surface area contributed by atoms with E-state index in [0.717, 1.165) is 44.9 Å². The first-order valence-electron chi connectivity index (χ1n) is 14.8. The lowest BCUT2D eigenvalue weighted by atomic mass is 9.99. The second-order valence-corrected chi connectivity index (χ2v) is 11.4. The van der Waals surface area contributed by atoms with Crippen molar-refractivity contribution in [1.29, 1.82) is 0 Å². The quantitative estimate of drug-likeness (QED) is 0.0724. The average molecular weight is 601 g/mol. The van der Waals surface area contributed by atoms with Crippen LogP contribution >= 0.6 is 0 Å². The summed E-state index contributed by atoms with van der Waals surface area (Å²) >= 11 is 0. The first-order valence-corrected chi connectivity index (χ1v) is 16.2. The van der Waals surface area contributed by atoms with Crippen molar-refractivity contribution >= 4 is 16.4 Å². The summed E-state index contributed by atoms with van der Waals surface area (Å²) in [5, 5.41) is 30.2. The molecule has 4 N–H and O–H groups in total. The second-order valence-electron chi connectivity index (χ2n) is 10.4. The van der Waals surface area contributed by atoms with E-state index in [1.165, 1.54) is 32.1 Å². The fourth-order valence-electron chi connectivity index (χ4n) is 4.43. The lowest BCUT2D eigenvalue weighted by molar-refractivity contribution is -0.301.